The lowest BCUT2D eigenvalue weighted by Crippen LogP contribution is -2.59. The van der Waals surface area contributed by atoms with Crippen molar-refractivity contribution < 1.29 is 44.5 Å². The number of benzene rings is 1. The van der Waals surface area contributed by atoms with Crippen LogP contribution in [0.5, 0.6) is 0 Å². The highest BCUT2D eigenvalue weighted by Crippen LogP contribution is 2.37. The first kappa shape index (κ1) is 49.9. The molecule has 0 bridgehead atoms. The monoisotopic (exact) mass is 836 g/mol. The Labute approximate surface area is 352 Å². The van der Waals surface area contributed by atoms with E-state index in [4.69, 9.17) is 26.4 Å². The minimum absolute atomic E-state index is 0.179. The summed E-state index contributed by atoms with van der Waals surface area (Å²) in [5.41, 5.74) is -2.39. The molecule has 0 aliphatic carbocycles. The molecule has 2 aliphatic heterocycles. The molecule has 6 N–H and O–H groups in total. The van der Waals surface area contributed by atoms with Gasteiger partial charge in [0.15, 0.2) is 11.4 Å². The number of thiocarbonyl (C=S) groups is 1. The van der Waals surface area contributed by atoms with E-state index >= 15 is 0 Å². The van der Waals surface area contributed by atoms with Crippen LogP contribution in [0.2, 0.25) is 0 Å². The number of hydrogen-bond donors (Lipinski definition) is 6. The average Bonchev–Trinajstić information content (AvgIpc) is 3.17. The standard InChI is InChI=1S/C43H73N5O9S/c1-11-34-43(8,54)37(51)31(6)48(22-16-21-47(20-15-19-44)41(58)45-25-32-17-13-12-14-18-32)26-27(2)24-42(7,53)38(29(4)35(49)30(5)39(52)56-34)57-40-36(50)33(46(9)10)23-28(3)55-40/h12-14,17-18,27-31,33-38,40,49-51,53-54H,11,15-16,20-26H2,1-10H3,(H,45,58)/t27-,28-,29+,30-,31-,33+,34-,35+,36-,37-,38-,40+,42-,43-/m1/s1. The largest absolute Gasteiger partial charge is 0.459 e. The molecular formula is C43H73N5O9S. The summed E-state index contributed by atoms with van der Waals surface area (Å²) in [5.74, 6) is -2.94. The lowest BCUT2D eigenvalue weighted by Gasteiger charge is -2.46. The molecule has 0 spiro atoms. The maximum Gasteiger partial charge on any atom is 0.311 e. The molecule has 2 heterocycles. The van der Waals surface area contributed by atoms with Crippen LogP contribution in [0, 0.1) is 29.1 Å². The molecule has 2 saturated heterocycles. The first-order valence-electron chi connectivity index (χ1n) is 21.0. The Morgan fingerprint density at radius 2 is 1.72 bits per heavy atom. The number of rotatable bonds is 12. The van der Waals surface area contributed by atoms with E-state index in [2.05, 4.69) is 16.3 Å². The zero-order valence-corrected chi connectivity index (χ0v) is 37.3. The van der Waals surface area contributed by atoms with E-state index in [1.807, 2.05) is 75.0 Å². The summed E-state index contributed by atoms with van der Waals surface area (Å²) < 4.78 is 18.5. The third-order valence-electron chi connectivity index (χ3n) is 12.2. The van der Waals surface area contributed by atoms with Gasteiger partial charge in [-0.3, -0.25) is 9.69 Å². The molecule has 3 rings (SSSR count). The molecule has 14 atom stereocenters. The normalized spacial score (nSPS) is 37.3. The van der Waals surface area contributed by atoms with E-state index in [1.165, 1.54) is 13.8 Å². The number of carbonyl (C=O) groups excluding carboxylic acids is 1. The Bertz CT molecular complexity index is 1470. The number of esters is 1. The fourth-order valence-electron chi connectivity index (χ4n) is 8.75. The Morgan fingerprint density at radius 3 is 2.33 bits per heavy atom. The van der Waals surface area contributed by atoms with Crippen molar-refractivity contribution in [3.05, 3.63) is 35.9 Å². The smallest absolute Gasteiger partial charge is 0.311 e. The van der Waals surface area contributed by atoms with Gasteiger partial charge in [0.1, 0.15) is 23.9 Å². The van der Waals surface area contributed by atoms with Crippen LogP contribution in [0.1, 0.15) is 93.1 Å². The van der Waals surface area contributed by atoms with E-state index in [9.17, 15) is 35.6 Å². The summed E-state index contributed by atoms with van der Waals surface area (Å²) in [4.78, 5) is 19.6. The van der Waals surface area contributed by atoms with Gasteiger partial charge in [-0.05, 0) is 98.1 Å². The fourth-order valence-corrected chi connectivity index (χ4v) is 9.00. The summed E-state index contributed by atoms with van der Waals surface area (Å²) >= 11 is 5.77. The minimum Gasteiger partial charge on any atom is -0.459 e. The van der Waals surface area contributed by atoms with Crippen LogP contribution in [0.4, 0.5) is 0 Å². The third kappa shape index (κ3) is 13.3. The maximum absolute atomic E-state index is 13.7. The molecule has 14 nitrogen and oxygen atoms in total. The van der Waals surface area contributed by atoms with Gasteiger partial charge in [-0.25, -0.2) is 0 Å². The molecule has 1 aromatic rings. The molecule has 330 valence electrons. The molecule has 0 radical (unpaired) electrons. The Kier molecular flexibility index (Phi) is 19.2. The van der Waals surface area contributed by atoms with Gasteiger partial charge < -0.3 is 54.9 Å². The van der Waals surface area contributed by atoms with Gasteiger partial charge in [-0.15, -0.1) is 0 Å². The van der Waals surface area contributed by atoms with Crippen LogP contribution < -0.4 is 5.32 Å². The van der Waals surface area contributed by atoms with Crippen LogP contribution in [0.15, 0.2) is 30.3 Å². The second-order valence-electron chi connectivity index (χ2n) is 17.6. The summed E-state index contributed by atoms with van der Waals surface area (Å²) in [7, 11) is 3.74. The zero-order chi connectivity index (χ0) is 43.5. The van der Waals surface area contributed by atoms with E-state index in [0.29, 0.717) is 50.7 Å². The molecule has 0 amide bonds. The quantitative estimate of drug-likeness (QED) is 0.133. The number of nitrogens with one attached hydrogen (secondary N) is 1. The molecule has 0 aromatic heterocycles. The van der Waals surface area contributed by atoms with Gasteiger partial charge in [0.25, 0.3) is 0 Å². The van der Waals surface area contributed by atoms with Crippen molar-refractivity contribution >= 4 is 23.3 Å². The minimum atomic E-state index is -1.87. The number of ether oxygens (including phenoxy) is 3. The topological polar surface area (TPSA) is 191 Å². The van der Waals surface area contributed by atoms with Crippen molar-refractivity contribution in [1.29, 1.82) is 5.26 Å². The zero-order valence-electron chi connectivity index (χ0n) is 36.5. The average molecular weight is 836 g/mol. The second-order valence-corrected chi connectivity index (χ2v) is 18.0. The molecule has 15 heteroatoms. The highest BCUT2D eigenvalue weighted by molar-refractivity contribution is 7.80. The third-order valence-corrected chi connectivity index (χ3v) is 12.6. The molecule has 58 heavy (non-hydrogen) atoms. The summed E-state index contributed by atoms with van der Waals surface area (Å²) in [6.07, 6.45) is -5.54. The highest BCUT2D eigenvalue weighted by atomic mass is 32.1. The van der Waals surface area contributed by atoms with Crippen LogP contribution in [-0.4, -0.2) is 158 Å². The van der Waals surface area contributed by atoms with Crippen LogP contribution in [-0.2, 0) is 25.5 Å². The number of hydrogen-bond acceptors (Lipinski definition) is 13. The van der Waals surface area contributed by atoms with Crippen molar-refractivity contribution in [3.8, 4) is 6.07 Å². The lowest BCUT2D eigenvalue weighted by atomic mass is 9.78. The van der Waals surface area contributed by atoms with Gasteiger partial charge in [0, 0.05) is 50.7 Å². The predicted octanol–water partition coefficient (Wildman–Crippen LogP) is 3.03. The molecule has 1 aromatic carbocycles. The number of likely N-dealkylation sites (N-methyl/N-ethyl adjacent to an activating group) is 1. The van der Waals surface area contributed by atoms with Gasteiger partial charge in [-0.1, -0.05) is 51.1 Å². The highest BCUT2D eigenvalue weighted by Gasteiger charge is 2.50. The first-order chi connectivity index (χ1) is 27.2. The predicted molar refractivity (Wildman–Crippen MR) is 226 cm³/mol. The van der Waals surface area contributed by atoms with Gasteiger partial charge >= 0.3 is 5.97 Å². The van der Waals surface area contributed by atoms with E-state index in [0.717, 1.165) is 5.56 Å². The molecule has 0 saturated carbocycles. The SMILES string of the molecule is CC[C@H]1OC(=O)[C@H](C)[C@@H](O)[C@H](C)[C@@H](O[C@@H]2O[C@H](C)C[C@H](N(C)C)[C@H]2O)[C@](C)(O)C[C@@H](C)CN(CCCN(CCC#N)C(=S)NCc2ccccc2)[C@H](C)[C@@H](O)[C@]1(C)O. The van der Waals surface area contributed by atoms with Crippen LogP contribution in [0.3, 0.4) is 0 Å². The number of nitriles is 1. The fraction of sp³-hybridized carbons (Fsp3) is 0.791. The molecule has 2 aliphatic rings. The van der Waals surface area contributed by atoms with Crippen molar-refractivity contribution in [2.24, 2.45) is 17.8 Å². The van der Waals surface area contributed by atoms with Crippen LogP contribution in [0.25, 0.3) is 0 Å². The number of aliphatic hydroxyl groups excluding tert-OH is 3. The maximum atomic E-state index is 13.7. The van der Waals surface area contributed by atoms with Crippen molar-refractivity contribution in [2.45, 2.75) is 160 Å². The Hall–Kier alpha value is -2.49. The van der Waals surface area contributed by atoms with E-state index in [-0.39, 0.29) is 37.3 Å². The van der Waals surface area contributed by atoms with Crippen molar-refractivity contribution in [1.82, 2.24) is 20.0 Å². The van der Waals surface area contributed by atoms with E-state index in [1.54, 1.807) is 20.8 Å². The van der Waals surface area contributed by atoms with Gasteiger partial charge in [-0.2, -0.15) is 5.26 Å². The summed E-state index contributed by atoms with van der Waals surface area (Å²) in [5, 5.41) is 72.6. The van der Waals surface area contributed by atoms with Gasteiger partial charge in [0.2, 0.25) is 0 Å². The van der Waals surface area contributed by atoms with Crippen molar-refractivity contribution in [2.75, 3.05) is 40.3 Å². The van der Waals surface area contributed by atoms with Crippen molar-refractivity contribution in [3.63, 3.8) is 0 Å². The first-order valence-corrected chi connectivity index (χ1v) is 21.4. The molecular weight excluding hydrogens is 763 g/mol. The number of carbonyl (C=O) groups is 1. The molecule has 2 fully saturated rings. The summed E-state index contributed by atoms with van der Waals surface area (Å²) in [6, 6.07) is 11.2. The second kappa shape index (κ2) is 22.4. The molecule has 0 unspecified atom stereocenters. The number of aliphatic hydroxyl groups is 5. The number of nitrogens with zero attached hydrogens (tertiary/aromatic N) is 4. The Balaban J connectivity index is 1.96. The summed E-state index contributed by atoms with van der Waals surface area (Å²) in [6.45, 7) is 16.1. The number of cyclic esters (lactones) is 1. The van der Waals surface area contributed by atoms with Gasteiger partial charge in [0.05, 0.1) is 42.3 Å². The lowest BCUT2D eigenvalue weighted by molar-refractivity contribution is -0.299. The van der Waals surface area contributed by atoms with E-state index < -0.39 is 71.9 Å². The Morgan fingerprint density at radius 1 is 1.07 bits per heavy atom. The van der Waals surface area contributed by atoms with Crippen LogP contribution >= 0.6 is 12.2 Å².